The summed E-state index contributed by atoms with van der Waals surface area (Å²) in [6.45, 7) is 5.75. The minimum Gasteiger partial charge on any atom is -0.366 e. The van der Waals surface area contributed by atoms with Crippen LogP contribution < -0.4 is 10.5 Å². The largest absolute Gasteiger partial charge is 0.366 e. The smallest absolute Gasteiger partial charge is 0.252 e. The van der Waals surface area contributed by atoms with Crippen molar-refractivity contribution in [3.63, 3.8) is 0 Å². The number of anilines is 1. The molecule has 0 unspecified atom stereocenters. The molecule has 1 aliphatic heterocycles. The summed E-state index contributed by atoms with van der Waals surface area (Å²) in [5, 5.41) is 0. The summed E-state index contributed by atoms with van der Waals surface area (Å²) in [5.74, 6) is 1.11. The van der Waals surface area contributed by atoms with Crippen LogP contribution in [-0.2, 0) is 4.74 Å². The van der Waals surface area contributed by atoms with Gasteiger partial charge >= 0.3 is 0 Å². The molecule has 0 spiro atoms. The van der Waals surface area contributed by atoms with Crippen LogP contribution in [0.5, 0.6) is 0 Å². The normalized spacial score (nSPS) is 22.0. The van der Waals surface area contributed by atoms with Gasteiger partial charge in [0, 0.05) is 19.2 Å². The lowest BCUT2D eigenvalue weighted by Gasteiger charge is -2.40. The molecule has 5 nitrogen and oxygen atoms in total. The molecule has 0 saturated carbocycles. The zero-order valence-corrected chi connectivity index (χ0v) is 12.9. The summed E-state index contributed by atoms with van der Waals surface area (Å²) in [6.07, 6.45) is 1.55. The van der Waals surface area contributed by atoms with Gasteiger partial charge < -0.3 is 14.6 Å². The van der Waals surface area contributed by atoms with Crippen LogP contribution in [0.15, 0.2) is 47.5 Å². The van der Waals surface area contributed by atoms with E-state index < -0.39 is 0 Å². The number of hydrogen-bond donors (Lipinski definition) is 1. The highest BCUT2D eigenvalue weighted by atomic mass is 16.5. The Morgan fingerprint density at radius 1 is 1.27 bits per heavy atom. The molecule has 0 radical (unpaired) electrons. The van der Waals surface area contributed by atoms with Crippen LogP contribution >= 0.6 is 0 Å². The second kappa shape index (κ2) is 6.32. The molecule has 1 aromatic heterocycles. The highest BCUT2D eigenvalue weighted by molar-refractivity contribution is 5.38. The fourth-order valence-electron chi connectivity index (χ4n) is 2.73. The van der Waals surface area contributed by atoms with Gasteiger partial charge in [0.25, 0.3) is 5.56 Å². The Hall–Kier alpha value is -2.14. The monoisotopic (exact) mass is 299 g/mol. The Morgan fingerprint density at radius 2 is 2.05 bits per heavy atom. The average molecular weight is 299 g/mol. The zero-order chi connectivity index (χ0) is 15.5. The summed E-state index contributed by atoms with van der Waals surface area (Å²) < 4.78 is 6.26. The van der Waals surface area contributed by atoms with Gasteiger partial charge in [-0.2, -0.15) is 0 Å². The Labute approximate surface area is 130 Å². The number of rotatable bonds is 3. The van der Waals surface area contributed by atoms with Gasteiger partial charge in [0.2, 0.25) is 0 Å². The van der Waals surface area contributed by atoms with Crippen molar-refractivity contribution in [3.8, 4) is 0 Å². The highest BCUT2D eigenvalue weighted by Gasteiger charge is 2.31. The first-order valence-corrected chi connectivity index (χ1v) is 7.63. The molecular formula is C17H21N3O2. The van der Waals surface area contributed by atoms with Gasteiger partial charge in [0.1, 0.15) is 11.9 Å². The molecule has 0 bridgehead atoms. The second-order valence-corrected chi connectivity index (χ2v) is 5.99. The number of hydrogen-bond acceptors (Lipinski definition) is 4. The molecule has 1 saturated heterocycles. The third-order valence-corrected chi connectivity index (χ3v) is 4.03. The van der Waals surface area contributed by atoms with E-state index in [-0.39, 0.29) is 17.8 Å². The number of morpholine rings is 1. The van der Waals surface area contributed by atoms with Crippen LogP contribution in [0.1, 0.15) is 25.5 Å². The summed E-state index contributed by atoms with van der Waals surface area (Å²) in [5.41, 5.74) is 1.02. The van der Waals surface area contributed by atoms with Gasteiger partial charge in [0.15, 0.2) is 0 Å². The summed E-state index contributed by atoms with van der Waals surface area (Å²) in [6, 6.07) is 11.8. The lowest BCUT2D eigenvalue weighted by atomic mass is 10.0. The summed E-state index contributed by atoms with van der Waals surface area (Å²) >= 11 is 0. The molecule has 2 heterocycles. The summed E-state index contributed by atoms with van der Waals surface area (Å²) in [4.78, 5) is 20.5. The molecule has 5 heteroatoms. The molecule has 1 N–H and O–H groups in total. The highest BCUT2D eigenvalue weighted by Crippen LogP contribution is 2.29. The molecule has 0 amide bonds. The third-order valence-electron chi connectivity index (χ3n) is 4.03. The Balaban J connectivity index is 1.89. The molecule has 116 valence electrons. The van der Waals surface area contributed by atoms with E-state index in [1.807, 2.05) is 18.2 Å². The van der Waals surface area contributed by atoms with Gasteiger partial charge in [-0.05, 0) is 11.5 Å². The van der Waals surface area contributed by atoms with Crippen LogP contribution in [-0.4, -0.2) is 29.2 Å². The Kier molecular flexibility index (Phi) is 4.24. The van der Waals surface area contributed by atoms with E-state index in [1.165, 1.54) is 6.33 Å². The minimum absolute atomic E-state index is 0.0107. The average Bonchev–Trinajstić information content (AvgIpc) is 2.55. The van der Waals surface area contributed by atoms with Crippen molar-refractivity contribution in [1.82, 2.24) is 9.97 Å². The van der Waals surface area contributed by atoms with Crippen molar-refractivity contribution in [2.24, 2.45) is 5.92 Å². The lowest BCUT2D eigenvalue weighted by molar-refractivity contribution is -0.0501. The summed E-state index contributed by atoms with van der Waals surface area (Å²) in [7, 11) is 0. The predicted molar refractivity (Wildman–Crippen MR) is 86.0 cm³/mol. The number of aromatic amines is 1. The van der Waals surface area contributed by atoms with Gasteiger partial charge in [0.05, 0.1) is 12.4 Å². The van der Waals surface area contributed by atoms with Gasteiger partial charge in [-0.15, -0.1) is 0 Å². The van der Waals surface area contributed by atoms with E-state index in [2.05, 4.69) is 40.8 Å². The van der Waals surface area contributed by atoms with Crippen molar-refractivity contribution in [3.05, 3.63) is 58.6 Å². The molecule has 1 fully saturated rings. The van der Waals surface area contributed by atoms with Gasteiger partial charge in [-0.1, -0.05) is 44.2 Å². The van der Waals surface area contributed by atoms with Crippen LogP contribution in [0.2, 0.25) is 0 Å². The van der Waals surface area contributed by atoms with Crippen molar-refractivity contribution in [2.75, 3.05) is 18.0 Å². The number of nitrogens with one attached hydrogen (secondary N) is 1. The maximum Gasteiger partial charge on any atom is 0.252 e. The Morgan fingerprint density at radius 3 is 2.73 bits per heavy atom. The SMILES string of the molecule is CC(C)[C@H]1CN(c2cc(=O)[nH]cn2)C[C@@H](c2ccccc2)O1. The number of aromatic nitrogens is 2. The van der Waals surface area contributed by atoms with E-state index in [9.17, 15) is 4.79 Å². The fraction of sp³-hybridized carbons (Fsp3) is 0.412. The van der Waals surface area contributed by atoms with Crippen LogP contribution in [0.25, 0.3) is 0 Å². The molecule has 0 aliphatic carbocycles. The topological polar surface area (TPSA) is 58.2 Å². The zero-order valence-electron chi connectivity index (χ0n) is 12.9. The number of ether oxygens (including phenoxy) is 1. The van der Waals surface area contributed by atoms with Crippen molar-refractivity contribution in [2.45, 2.75) is 26.1 Å². The maximum absolute atomic E-state index is 11.5. The predicted octanol–water partition coefficient (Wildman–Crippen LogP) is 2.37. The number of benzene rings is 1. The minimum atomic E-state index is -0.131. The standard InChI is InChI=1S/C17H21N3O2/c1-12(2)14-9-20(16-8-17(21)19-11-18-16)10-15(22-14)13-6-4-3-5-7-13/h3-8,11-12,14-15H,9-10H2,1-2H3,(H,18,19,21)/t14-,15+/m1/s1. The molecule has 22 heavy (non-hydrogen) atoms. The van der Waals surface area contributed by atoms with Crippen molar-refractivity contribution >= 4 is 5.82 Å². The van der Waals surface area contributed by atoms with E-state index in [0.29, 0.717) is 18.3 Å². The first-order chi connectivity index (χ1) is 10.6. The van der Waals surface area contributed by atoms with Crippen molar-refractivity contribution < 1.29 is 4.74 Å². The van der Waals surface area contributed by atoms with Crippen molar-refractivity contribution in [1.29, 1.82) is 0 Å². The van der Waals surface area contributed by atoms with E-state index in [4.69, 9.17) is 4.74 Å². The molecule has 1 aliphatic rings. The van der Waals surface area contributed by atoms with E-state index in [1.54, 1.807) is 6.07 Å². The lowest BCUT2D eigenvalue weighted by Crippen LogP contribution is -2.46. The molecule has 1 aromatic carbocycles. The van der Waals surface area contributed by atoms with Crippen LogP contribution in [0.4, 0.5) is 5.82 Å². The Bertz CT molecular complexity index is 669. The maximum atomic E-state index is 11.5. The molecular weight excluding hydrogens is 278 g/mol. The van der Waals surface area contributed by atoms with Gasteiger partial charge in [-0.25, -0.2) is 4.98 Å². The van der Waals surface area contributed by atoms with Crippen LogP contribution in [0.3, 0.4) is 0 Å². The molecule has 3 rings (SSSR count). The fourth-order valence-corrected chi connectivity index (χ4v) is 2.73. The van der Waals surface area contributed by atoms with E-state index in [0.717, 1.165) is 12.1 Å². The second-order valence-electron chi connectivity index (χ2n) is 5.99. The first-order valence-electron chi connectivity index (χ1n) is 7.63. The first kappa shape index (κ1) is 14.8. The third kappa shape index (κ3) is 3.20. The van der Waals surface area contributed by atoms with Gasteiger partial charge in [-0.3, -0.25) is 4.79 Å². The quantitative estimate of drug-likeness (QED) is 0.945. The molecule has 2 aromatic rings. The van der Waals surface area contributed by atoms with E-state index >= 15 is 0 Å². The van der Waals surface area contributed by atoms with Crippen LogP contribution in [0, 0.1) is 5.92 Å². The number of H-pyrrole nitrogens is 1. The number of nitrogens with zero attached hydrogens (tertiary/aromatic N) is 2. The molecule has 2 atom stereocenters.